The molecule has 6 nitrogen and oxygen atoms in total. The molecule has 0 fully saturated rings. The SMILES string of the molecule is O=[N+]([O-])c1ccccc1Oc1cc(Cl)nnc1Cl. The summed E-state index contributed by atoms with van der Waals surface area (Å²) in [5, 5.41) is 17.9. The summed E-state index contributed by atoms with van der Waals surface area (Å²) in [6, 6.07) is 7.23. The Morgan fingerprint density at radius 2 is 1.89 bits per heavy atom. The maximum atomic E-state index is 10.8. The van der Waals surface area contributed by atoms with E-state index < -0.39 is 4.92 Å². The summed E-state index contributed by atoms with van der Waals surface area (Å²) in [6.45, 7) is 0. The van der Waals surface area contributed by atoms with Crippen LogP contribution in [0.2, 0.25) is 10.3 Å². The third kappa shape index (κ3) is 2.66. The van der Waals surface area contributed by atoms with Crippen molar-refractivity contribution in [1.29, 1.82) is 0 Å². The fraction of sp³-hybridized carbons (Fsp3) is 0. The van der Waals surface area contributed by atoms with Crippen LogP contribution in [0.5, 0.6) is 11.5 Å². The Bertz CT molecular complexity index is 607. The van der Waals surface area contributed by atoms with Crippen LogP contribution in [0.15, 0.2) is 30.3 Å². The fourth-order valence-electron chi connectivity index (χ4n) is 1.22. The topological polar surface area (TPSA) is 78.2 Å². The normalized spacial score (nSPS) is 10.1. The molecule has 0 aliphatic heterocycles. The van der Waals surface area contributed by atoms with Gasteiger partial charge in [0.1, 0.15) is 0 Å². The number of aromatic nitrogens is 2. The number of para-hydroxylation sites is 2. The van der Waals surface area contributed by atoms with Gasteiger partial charge in [0, 0.05) is 12.1 Å². The van der Waals surface area contributed by atoms with Crippen LogP contribution < -0.4 is 4.74 Å². The Hall–Kier alpha value is -1.92. The van der Waals surface area contributed by atoms with E-state index in [-0.39, 0.29) is 27.5 Å². The Morgan fingerprint density at radius 1 is 1.17 bits per heavy atom. The molecule has 0 atom stereocenters. The minimum absolute atomic E-state index is 0.0300. The Kier molecular flexibility index (Phi) is 3.59. The Labute approximate surface area is 111 Å². The quantitative estimate of drug-likeness (QED) is 0.637. The van der Waals surface area contributed by atoms with E-state index in [0.717, 1.165) is 0 Å². The number of nitrogens with zero attached hydrogens (tertiary/aromatic N) is 3. The van der Waals surface area contributed by atoms with Gasteiger partial charge in [0.25, 0.3) is 0 Å². The fourth-order valence-corrected chi connectivity index (χ4v) is 1.49. The molecule has 0 aliphatic carbocycles. The summed E-state index contributed by atoms with van der Waals surface area (Å²) < 4.78 is 5.32. The number of nitro groups is 1. The van der Waals surface area contributed by atoms with E-state index in [9.17, 15) is 10.1 Å². The summed E-state index contributed by atoms with van der Waals surface area (Å²) in [7, 11) is 0. The lowest BCUT2D eigenvalue weighted by Crippen LogP contribution is -1.95. The second kappa shape index (κ2) is 5.16. The van der Waals surface area contributed by atoms with Gasteiger partial charge in [-0.05, 0) is 6.07 Å². The molecule has 0 saturated heterocycles. The van der Waals surface area contributed by atoms with Crippen LogP contribution in [0.25, 0.3) is 0 Å². The molecule has 0 N–H and O–H groups in total. The molecule has 2 rings (SSSR count). The van der Waals surface area contributed by atoms with E-state index in [1.807, 2.05) is 0 Å². The number of benzene rings is 1. The molecular weight excluding hydrogens is 281 g/mol. The lowest BCUT2D eigenvalue weighted by atomic mass is 10.3. The third-order valence-corrected chi connectivity index (χ3v) is 2.42. The zero-order valence-electron chi connectivity index (χ0n) is 8.71. The maximum Gasteiger partial charge on any atom is 0.311 e. The molecular formula is C10H5Cl2N3O3. The van der Waals surface area contributed by atoms with Crippen molar-refractivity contribution in [3.05, 3.63) is 50.8 Å². The summed E-state index contributed by atoms with van der Waals surface area (Å²) in [5.41, 5.74) is -0.179. The van der Waals surface area contributed by atoms with Crippen molar-refractivity contribution in [3.63, 3.8) is 0 Å². The van der Waals surface area contributed by atoms with Gasteiger partial charge in [0.2, 0.25) is 5.75 Å². The van der Waals surface area contributed by atoms with Gasteiger partial charge < -0.3 is 4.74 Å². The second-order valence-electron chi connectivity index (χ2n) is 3.15. The van der Waals surface area contributed by atoms with Gasteiger partial charge in [-0.2, -0.15) is 0 Å². The average molecular weight is 286 g/mol. The minimum atomic E-state index is -0.556. The highest BCUT2D eigenvalue weighted by atomic mass is 35.5. The number of halogens is 2. The monoisotopic (exact) mass is 285 g/mol. The van der Waals surface area contributed by atoms with E-state index >= 15 is 0 Å². The predicted octanol–water partition coefficient (Wildman–Crippen LogP) is 3.48. The molecule has 92 valence electrons. The Balaban J connectivity index is 2.40. The van der Waals surface area contributed by atoms with Gasteiger partial charge in [0.05, 0.1) is 4.92 Å². The number of ether oxygens (including phenoxy) is 1. The van der Waals surface area contributed by atoms with Crippen LogP contribution in [-0.2, 0) is 0 Å². The molecule has 0 spiro atoms. The molecule has 18 heavy (non-hydrogen) atoms. The lowest BCUT2D eigenvalue weighted by Gasteiger charge is -2.06. The molecule has 1 heterocycles. The number of rotatable bonds is 3. The van der Waals surface area contributed by atoms with E-state index in [2.05, 4.69) is 10.2 Å². The number of nitro benzene ring substituents is 1. The summed E-state index contributed by atoms with van der Waals surface area (Å²) in [6.07, 6.45) is 0. The molecule has 0 radical (unpaired) electrons. The van der Waals surface area contributed by atoms with Gasteiger partial charge in [-0.3, -0.25) is 10.1 Å². The van der Waals surface area contributed by atoms with Gasteiger partial charge >= 0.3 is 5.69 Å². The molecule has 8 heteroatoms. The maximum absolute atomic E-state index is 10.8. The van der Waals surface area contributed by atoms with Gasteiger partial charge in [-0.1, -0.05) is 35.3 Å². The molecule has 1 aromatic carbocycles. The van der Waals surface area contributed by atoms with Crippen molar-refractivity contribution in [2.75, 3.05) is 0 Å². The number of hydrogen-bond acceptors (Lipinski definition) is 5. The summed E-state index contributed by atoms with van der Waals surface area (Å²) in [5.74, 6) is 0.152. The summed E-state index contributed by atoms with van der Waals surface area (Å²) >= 11 is 11.4. The lowest BCUT2D eigenvalue weighted by molar-refractivity contribution is -0.385. The molecule has 0 unspecified atom stereocenters. The van der Waals surface area contributed by atoms with Crippen molar-refractivity contribution in [2.24, 2.45) is 0 Å². The highest BCUT2D eigenvalue weighted by Crippen LogP contribution is 2.34. The highest BCUT2D eigenvalue weighted by Gasteiger charge is 2.16. The molecule has 0 bridgehead atoms. The van der Waals surface area contributed by atoms with Crippen LogP contribution in [0.1, 0.15) is 0 Å². The molecule has 0 amide bonds. The van der Waals surface area contributed by atoms with Crippen molar-refractivity contribution in [2.45, 2.75) is 0 Å². The first kappa shape index (κ1) is 12.5. The van der Waals surface area contributed by atoms with E-state index in [1.165, 1.54) is 24.3 Å². The first-order valence-electron chi connectivity index (χ1n) is 4.68. The second-order valence-corrected chi connectivity index (χ2v) is 3.89. The van der Waals surface area contributed by atoms with Crippen molar-refractivity contribution >= 4 is 28.9 Å². The van der Waals surface area contributed by atoms with Crippen molar-refractivity contribution in [3.8, 4) is 11.5 Å². The van der Waals surface area contributed by atoms with E-state index in [0.29, 0.717) is 0 Å². The van der Waals surface area contributed by atoms with Crippen molar-refractivity contribution < 1.29 is 9.66 Å². The number of hydrogen-bond donors (Lipinski definition) is 0. The predicted molar refractivity (Wildman–Crippen MR) is 65.2 cm³/mol. The highest BCUT2D eigenvalue weighted by molar-refractivity contribution is 6.32. The zero-order chi connectivity index (χ0) is 13.1. The smallest absolute Gasteiger partial charge is 0.311 e. The van der Waals surface area contributed by atoms with Crippen LogP contribution in [-0.4, -0.2) is 15.1 Å². The van der Waals surface area contributed by atoms with Gasteiger partial charge in [-0.15, -0.1) is 10.2 Å². The van der Waals surface area contributed by atoms with Crippen LogP contribution in [0, 0.1) is 10.1 Å². The molecule has 1 aromatic heterocycles. The Morgan fingerprint density at radius 3 is 2.61 bits per heavy atom. The zero-order valence-corrected chi connectivity index (χ0v) is 10.2. The van der Waals surface area contributed by atoms with Gasteiger partial charge in [0.15, 0.2) is 16.1 Å². The van der Waals surface area contributed by atoms with Gasteiger partial charge in [-0.25, -0.2) is 0 Å². The van der Waals surface area contributed by atoms with E-state index in [4.69, 9.17) is 27.9 Å². The standard InChI is InChI=1S/C10H5Cl2N3O3/c11-9-5-8(10(12)14-13-9)18-7-4-2-1-3-6(7)15(16)17/h1-5H. The first-order valence-corrected chi connectivity index (χ1v) is 5.43. The average Bonchev–Trinajstić information content (AvgIpc) is 2.34. The minimum Gasteiger partial charge on any atom is -0.447 e. The van der Waals surface area contributed by atoms with Crippen molar-refractivity contribution in [1.82, 2.24) is 10.2 Å². The van der Waals surface area contributed by atoms with Crippen LogP contribution in [0.3, 0.4) is 0 Å². The molecule has 0 saturated carbocycles. The summed E-state index contributed by atoms with van der Waals surface area (Å²) in [4.78, 5) is 10.2. The third-order valence-electron chi connectivity index (χ3n) is 1.97. The first-order chi connectivity index (χ1) is 8.58. The largest absolute Gasteiger partial charge is 0.447 e. The molecule has 0 aliphatic rings. The van der Waals surface area contributed by atoms with E-state index in [1.54, 1.807) is 6.07 Å². The molecule has 2 aromatic rings. The van der Waals surface area contributed by atoms with Crippen LogP contribution >= 0.6 is 23.2 Å². The van der Waals surface area contributed by atoms with Crippen LogP contribution in [0.4, 0.5) is 5.69 Å².